The smallest absolute Gasteiger partial charge is 0.339 e. The van der Waals surface area contributed by atoms with Gasteiger partial charge >= 0.3 is 5.97 Å². The lowest BCUT2D eigenvalue weighted by Crippen LogP contribution is -2.69. The lowest BCUT2D eigenvalue weighted by Gasteiger charge is -2.60. The maximum Gasteiger partial charge on any atom is 0.339 e. The third-order valence-electron chi connectivity index (χ3n) is 6.80. The second-order valence-corrected chi connectivity index (χ2v) is 7.35. The Morgan fingerprint density at radius 2 is 2.19 bits per heavy atom. The summed E-state index contributed by atoms with van der Waals surface area (Å²) in [5.41, 5.74) is -2.05. The van der Waals surface area contributed by atoms with Crippen LogP contribution in [0.2, 0.25) is 0 Å². The molecule has 6 rings (SSSR count). The zero-order valence-corrected chi connectivity index (χ0v) is 11.7. The molecule has 2 saturated heterocycles. The van der Waals surface area contributed by atoms with Crippen LogP contribution in [0.5, 0.6) is 0 Å². The fourth-order valence-electron chi connectivity index (χ4n) is 5.86. The van der Waals surface area contributed by atoms with E-state index in [1.165, 1.54) is 0 Å². The second kappa shape index (κ2) is 3.41. The normalized spacial score (nSPS) is 56.9. The Balaban J connectivity index is 1.79. The Kier molecular flexibility index (Phi) is 2.01. The van der Waals surface area contributed by atoms with Crippen molar-refractivity contribution in [3.05, 3.63) is 12.2 Å². The Bertz CT molecular complexity index is 597. The van der Waals surface area contributed by atoms with Gasteiger partial charge in [0.2, 0.25) is 0 Å². The van der Waals surface area contributed by atoms with E-state index in [9.17, 15) is 14.7 Å². The summed E-state index contributed by atoms with van der Waals surface area (Å²) in [4.78, 5) is 25.0. The number of ether oxygens (including phenoxy) is 2. The number of hydrogen-bond acceptors (Lipinski definition) is 5. The van der Waals surface area contributed by atoms with Crippen molar-refractivity contribution < 1.29 is 24.2 Å². The summed E-state index contributed by atoms with van der Waals surface area (Å²) in [7, 11) is 0. The number of aliphatic hydroxyl groups is 1. The van der Waals surface area contributed by atoms with Crippen molar-refractivity contribution in [3.8, 4) is 0 Å². The zero-order valence-electron chi connectivity index (χ0n) is 11.7. The fourth-order valence-corrected chi connectivity index (χ4v) is 5.86. The van der Waals surface area contributed by atoms with E-state index in [2.05, 4.69) is 6.08 Å². The summed E-state index contributed by atoms with van der Waals surface area (Å²) in [5, 5.41) is 10.4. The van der Waals surface area contributed by atoms with Gasteiger partial charge in [0.25, 0.3) is 0 Å². The van der Waals surface area contributed by atoms with Gasteiger partial charge in [-0.2, -0.15) is 0 Å². The highest BCUT2D eigenvalue weighted by molar-refractivity contribution is 5.92. The highest BCUT2D eigenvalue weighted by Crippen LogP contribution is 2.73. The van der Waals surface area contributed by atoms with Gasteiger partial charge < -0.3 is 14.6 Å². The third-order valence-corrected chi connectivity index (χ3v) is 6.80. The molecule has 0 aromatic carbocycles. The molecule has 0 aromatic rings. The topological polar surface area (TPSA) is 72.8 Å². The molecule has 5 fully saturated rings. The Labute approximate surface area is 122 Å². The molecule has 0 radical (unpaired) electrons. The summed E-state index contributed by atoms with van der Waals surface area (Å²) >= 11 is 0. The Morgan fingerprint density at radius 3 is 3.00 bits per heavy atom. The van der Waals surface area contributed by atoms with Crippen LogP contribution in [0.3, 0.4) is 0 Å². The Hall–Kier alpha value is -1.20. The average Bonchev–Trinajstić information content (AvgIpc) is 2.66. The van der Waals surface area contributed by atoms with Crippen LogP contribution in [-0.2, 0) is 19.1 Å². The minimum absolute atomic E-state index is 0.0872. The van der Waals surface area contributed by atoms with Crippen LogP contribution in [0.1, 0.15) is 32.1 Å². The number of fused-ring (bicyclic) bond motifs is 2. The molecule has 5 heteroatoms. The van der Waals surface area contributed by atoms with Crippen LogP contribution in [0, 0.1) is 16.7 Å². The van der Waals surface area contributed by atoms with Crippen molar-refractivity contribution in [2.45, 2.75) is 49.9 Å². The average molecular weight is 290 g/mol. The first-order chi connectivity index (χ1) is 10.0. The van der Waals surface area contributed by atoms with Crippen molar-refractivity contribution in [3.63, 3.8) is 0 Å². The minimum atomic E-state index is -1.01. The molecule has 0 amide bonds. The molecule has 6 atom stereocenters. The van der Waals surface area contributed by atoms with Crippen molar-refractivity contribution in [1.29, 1.82) is 0 Å². The van der Waals surface area contributed by atoms with Crippen LogP contribution in [0.4, 0.5) is 0 Å². The summed E-state index contributed by atoms with van der Waals surface area (Å²) in [6.45, 7) is 0.226. The van der Waals surface area contributed by atoms with Gasteiger partial charge in [-0.25, -0.2) is 4.79 Å². The predicted octanol–water partition coefficient (Wildman–Crippen LogP) is 0.747. The molecule has 3 saturated carbocycles. The number of carbonyl (C=O) groups excluding carboxylic acids is 2. The zero-order chi connectivity index (χ0) is 14.5. The SMILES string of the molecule is O=C1C[C@@]23CC[C@@H]1C[C@@]21O[C@H]2[C@H](O)CC=C[C@]23COC1=O. The number of cyclic esters (lactones) is 1. The van der Waals surface area contributed by atoms with Crippen LogP contribution >= 0.6 is 0 Å². The van der Waals surface area contributed by atoms with Crippen molar-refractivity contribution in [1.82, 2.24) is 0 Å². The third kappa shape index (κ3) is 1.06. The highest BCUT2D eigenvalue weighted by atomic mass is 16.6. The number of ketones is 1. The standard InChI is InChI=1S/C16H18O5/c17-10-2-1-4-14-8-20-13(19)16(21-12(10)14)6-9-3-5-15(14,16)7-11(9)18/h1,4,9-10,12,17H,2-3,5-8H2/t9-,10-,12+,14+,15-,16+/m1/s1. The lowest BCUT2D eigenvalue weighted by molar-refractivity contribution is -0.216. The Morgan fingerprint density at radius 1 is 1.33 bits per heavy atom. The van der Waals surface area contributed by atoms with Crippen molar-refractivity contribution in [2.75, 3.05) is 6.61 Å². The van der Waals surface area contributed by atoms with Gasteiger partial charge in [-0.1, -0.05) is 12.2 Å². The molecule has 21 heavy (non-hydrogen) atoms. The monoisotopic (exact) mass is 290 g/mol. The van der Waals surface area contributed by atoms with Gasteiger partial charge in [0.15, 0.2) is 5.60 Å². The molecule has 2 spiro atoms. The maximum absolute atomic E-state index is 12.6. The van der Waals surface area contributed by atoms with Crippen LogP contribution in [0.25, 0.3) is 0 Å². The van der Waals surface area contributed by atoms with E-state index in [1.807, 2.05) is 6.08 Å². The second-order valence-electron chi connectivity index (χ2n) is 7.35. The molecule has 112 valence electrons. The summed E-state index contributed by atoms with van der Waals surface area (Å²) in [6.07, 6.45) is 5.96. The number of rotatable bonds is 0. The molecule has 2 aliphatic heterocycles. The molecule has 6 aliphatic rings. The summed E-state index contributed by atoms with van der Waals surface area (Å²) in [6, 6.07) is 0. The first kappa shape index (κ1) is 12.4. The first-order valence-electron chi connectivity index (χ1n) is 7.78. The predicted molar refractivity (Wildman–Crippen MR) is 70.2 cm³/mol. The minimum Gasteiger partial charge on any atom is -0.462 e. The van der Waals surface area contributed by atoms with E-state index in [1.54, 1.807) is 0 Å². The summed E-state index contributed by atoms with van der Waals surface area (Å²) in [5.74, 6) is -0.153. The first-order valence-corrected chi connectivity index (χ1v) is 7.78. The molecule has 0 unspecified atom stereocenters. The number of Topliss-reactive ketones (excluding diaryl/α,β-unsaturated/α-hetero) is 1. The molecule has 4 aliphatic carbocycles. The number of esters is 1. The van der Waals surface area contributed by atoms with Gasteiger partial charge in [-0.15, -0.1) is 0 Å². The quantitative estimate of drug-likeness (QED) is 0.526. The van der Waals surface area contributed by atoms with Crippen LogP contribution in [-0.4, -0.2) is 41.3 Å². The lowest BCUT2D eigenvalue weighted by atomic mass is 9.42. The molecule has 1 N–H and O–H groups in total. The van der Waals surface area contributed by atoms with Gasteiger partial charge in [0.1, 0.15) is 12.4 Å². The molecule has 0 aromatic heterocycles. The molecular formula is C16H18O5. The van der Waals surface area contributed by atoms with Gasteiger partial charge in [0.05, 0.1) is 17.6 Å². The number of hydrogen-bond donors (Lipinski definition) is 1. The maximum atomic E-state index is 12.6. The van der Waals surface area contributed by atoms with E-state index in [0.29, 0.717) is 19.3 Å². The van der Waals surface area contributed by atoms with Gasteiger partial charge in [-0.3, -0.25) is 4.79 Å². The van der Waals surface area contributed by atoms with Crippen LogP contribution < -0.4 is 0 Å². The number of carbonyl (C=O) groups is 2. The molecule has 5 nitrogen and oxygen atoms in total. The molecular weight excluding hydrogens is 272 g/mol. The largest absolute Gasteiger partial charge is 0.462 e. The van der Waals surface area contributed by atoms with Gasteiger partial charge in [0, 0.05) is 17.8 Å². The van der Waals surface area contributed by atoms with Crippen molar-refractivity contribution in [2.24, 2.45) is 16.7 Å². The fraction of sp³-hybridized carbons (Fsp3) is 0.750. The van der Waals surface area contributed by atoms with E-state index < -0.39 is 28.6 Å². The molecule has 4 bridgehead atoms. The van der Waals surface area contributed by atoms with E-state index in [-0.39, 0.29) is 24.3 Å². The van der Waals surface area contributed by atoms with E-state index in [0.717, 1.165) is 12.8 Å². The molecule has 2 heterocycles. The van der Waals surface area contributed by atoms with Crippen LogP contribution in [0.15, 0.2) is 12.2 Å². The summed E-state index contributed by atoms with van der Waals surface area (Å²) < 4.78 is 11.7. The van der Waals surface area contributed by atoms with Crippen molar-refractivity contribution >= 4 is 11.8 Å². The highest BCUT2D eigenvalue weighted by Gasteiger charge is 2.82. The van der Waals surface area contributed by atoms with E-state index >= 15 is 0 Å². The number of aliphatic hydroxyl groups excluding tert-OH is 1. The van der Waals surface area contributed by atoms with Gasteiger partial charge in [-0.05, 0) is 25.7 Å². The van der Waals surface area contributed by atoms with E-state index in [4.69, 9.17) is 9.47 Å².